The summed E-state index contributed by atoms with van der Waals surface area (Å²) in [6.07, 6.45) is 1.59. The third kappa shape index (κ3) is 5.50. The quantitative estimate of drug-likeness (QED) is 0.701. The van der Waals surface area contributed by atoms with Crippen LogP contribution in [0.1, 0.15) is 34.1 Å². The van der Waals surface area contributed by atoms with E-state index in [1.807, 2.05) is 27.7 Å². The Kier molecular flexibility index (Phi) is 7.25. The smallest absolute Gasteiger partial charge is 0.240 e. The van der Waals surface area contributed by atoms with E-state index in [9.17, 15) is 13.5 Å². The molecule has 124 valence electrons. The van der Waals surface area contributed by atoms with Crippen LogP contribution in [0.25, 0.3) is 0 Å². The van der Waals surface area contributed by atoms with E-state index in [0.29, 0.717) is 0 Å². The number of hydrogen-bond donors (Lipinski definition) is 2. The summed E-state index contributed by atoms with van der Waals surface area (Å²) < 4.78 is 28.5. The van der Waals surface area contributed by atoms with E-state index < -0.39 is 22.2 Å². The molecule has 3 atom stereocenters. The number of allylic oxidation sites excluding steroid dienone is 1. The molecule has 0 aliphatic heterocycles. The first kappa shape index (κ1) is 19.4. The lowest BCUT2D eigenvalue weighted by Crippen LogP contribution is -2.46. The molecule has 1 aromatic carbocycles. The zero-order chi connectivity index (χ0) is 16.9. The SMILES string of the molecule is CC[C@H](C)[C@H](NS(=O)(=O)c1ccc(Br)cc1)C(O)C=C(C)C. The van der Waals surface area contributed by atoms with Gasteiger partial charge in [-0.1, -0.05) is 47.8 Å². The fourth-order valence-corrected chi connectivity index (χ4v) is 3.71. The first-order valence-electron chi connectivity index (χ1n) is 7.28. The maximum absolute atomic E-state index is 12.5. The van der Waals surface area contributed by atoms with Gasteiger partial charge in [0.1, 0.15) is 0 Å². The van der Waals surface area contributed by atoms with Gasteiger partial charge in [0.2, 0.25) is 10.0 Å². The van der Waals surface area contributed by atoms with Crippen LogP contribution in [0.3, 0.4) is 0 Å². The first-order valence-corrected chi connectivity index (χ1v) is 9.56. The molecule has 0 spiro atoms. The van der Waals surface area contributed by atoms with Crippen LogP contribution in [0.4, 0.5) is 0 Å². The zero-order valence-electron chi connectivity index (χ0n) is 13.4. The predicted molar refractivity (Wildman–Crippen MR) is 93.1 cm³/mol. The average molecular weight is 390 g/mol. The lowest BCUT2D eigenvalue weighted by Gasteiger charge is -2.27. The molecule has 0 bridgehead atoms. The Morgan fingerprint density at radius 1 is 1.32 bits per heavy atom. The minimum Gasteiger partial charge on any atom is -0.387 e. The summed E-state index contributed by atoms with van der Waals surface area (Å²) in [4.78, 5) is 0.188. The normalized spacial score (nSPS) is 15.9. The molecule has 0 fully saturated rings. The van der Waals surface area contributed by atoms with Gasteiger partial charge in [-0.2, -0.15) is 0 Å². The molecule has 1 aromatic rings. The van der Waals surface area contributed by atoms with Crippen molar-refractivity contribution in [1.29, 1.82) is 0 Å². The topological polar surface area (TPSA) is 66.4 Å². The number of hydrogen-bond acceptors (Lipinski definition) is 3. The van der Waals surface area contributed by atoms with Crippen molar-refractivity contribution in [2.45, 2.75) is 51.2 Å². The molecule has 0 saturated heterocycles. The highest BCUT2D eigenvalue weighted by Crippen LogP contribution is 2.19. The lowest BCUT2D eigenvalue weighted by atomic mass is 9.94. The number of halogens is 1. The second-order valence-corrected chi connectivity index (χ2v) is 8.35. The Morgan fingerprint density at radius 3 is 2.32 bits per heavy atom. The van der Waals surface area contributed by atoms with Gasteiger partial charge in [0, 0.05) is 4.47 Å². The van der Waals surface area contributed by atoms with Crippen LogP contribution in [-0.4, -0.2) is 25.7 Å². The van der Waals surface area contributed by atoms with Crippen molar-refractivity contribution >= 4 is 26.0 Å². The maximum Gasteiger partial charge on any atom is 0.240 e. The van der Waals surface area contributed by atoms with Gasteiger partial charge < -0.3 is 5.11 Å². The molecule has 4 nitrogen and oxygen atoms in total. The van der Waals surface area contributed by atoms with Crippen LogP contribution in [-0.2, 0) is 10.0 Å². The highest BCUT2D eigenvalue weighted by molar-refractivity contribution is 9.10. The second kappa shape index (κ2) is 8.24. The van der Waals surface area contributed by atoms with Gasteiger partial charge in [0.05, 0.1) is 17.0 Å². The van der Waals surface area contributed by atoms with Crippen molar-refractivity contribution in [3.8, 4) is 0 Å². The Hall–Kier alpha value is -0.690. The molecule has 0 aliphatic carbocycles. The Balaban J connectivity index is 3.07. The fraction of sp³-hybridized carbons (Fsp3) is 0.500. The first-order chi connectivity index (χ1) is 10.2. The molecule has 0 saturated carbocycles. The van der Waals surface area contributed by atoms with Crippen molar-refractivity contribution in [2.75, 3.05) is 0 Å². The standard InChI is InChI=1S/C16H24BrNO3S/c1-5-12(4)16(15(19)10-11(2)3)18-22(20,21)14-8-6-13(17)7-9-14/h6-10,12,15-16,18-19H,5H2,1-4H3/t12-,15?,16-/m0/s1. The summed E-state index contributed by atoms with van der Waals surface area (Å²) in [5, 5.41) is 10.3. The van der Waals surface area contributed by atoms with Crippen molar-refractivity contribution in [3.63, 3.8) is 0 Å². The highest BCUT2D eigenvalue weighted by Gasteiger charge is 2.28. The zero-order valence-corrected chi connectivity index (χ0v) is 15.8. The van der Waals surface area contributed by atoms with E-state index >= 15 is 0 Å². The van der Waals surface area contributed by atoms with Crippen molar-refractivity contribution in [1.82, 2.24) is 4.72 Å². The Bertz CT molecular complexity index is 607. The van der Waals surface area contributed by atoms with Gasteiger partial charge in [0.25, 0.3) is 0 Å². The highest BCUT2D eigenvalue weighted by atomic mass is 79.9. The summed E-state index contributed by atoms with van der Waals surface area (Å²) in [7, 11) is -3.67. The lowest BCUT2D eigenvalue weighted by molar-refractivity contribution is 0.152. The van der Waals surface area contributed by atoms with Gasteiger partial charge in [0.15, 0.2) is 0 Å². The van der Waals surface area contributed by atoms with Crippen molar-refractivity contribution in [2.24, 2.45) is 5.92 Å². The van der Waals surface area contributed by atoms with Gasteiger partial charge in [-0.15, -0.1) is 0 Å². The number of sulfonamides is 1. The molecule has 0 aliphatic rings. The van der Waals surface area contributed by atoms with Crippen LogP contribution < -0.4 is 4.72 Å². The molecule has 0 radical (unpaired) electrons. The monoisotopic (exact) mass is 389 g/mol. The molecular formula is C16H24BrNO3S. The Morgan fingerprint density at radius 2 is 1.86 bits per heavy atom. The fourth-order valence-electron chi connectivity index (χ4n) is 2.08. The number of benzene rings is 1. The number of nitrogens with one attached hydrogen (secondary N) is 1. The van der Waals surface area contributed by atoms with Gasteiger partial charge in [-0.25, -0.2) is 13.1 Å². The second-order valence-electron chi connectivity index (χ2n) is 5.72. The maximum atomic E-state index is 12.5. The molecule has 6 heteroatoms. The molecule has 0 heterocycles. The summed E-state index contributed by atoms with van der Waals surface area (Å²) in [6.45, 7) is 7.65. The summed E-state index contributed by atoms with van der Waals surface area (Å²) in [5.74, 6) is 0.0100. The third-order valence-electron chi connectivity index (χ3n) is 3.54. The van der Waals surface area contributed by atoms with Crippen molar-refractivity contribution in [3.05, 3.63) is 40.4 Å². The van der Waals surface area contributed by atoms with Gasteiger partial charge >= 0.3 is 0 Å². The van der Waals surface area contributed by atoms with E-state index in [0.717, 1.165) is 16.5 Å². The molecule has 0 amide bonds. The summed E-state index contributed by atoms with van der Waals surface area (Å²) in [6, 6.07) is 5.87. The van der Waals surface area contributed by atoms with Crippen LogP contribution in [0.5, 0.6) is 0 Å². The number of aliphatic hydroxyl groups excluding tert-OH is 1. The van der Waals surface area contributed by atoms with Gasteiger partial charge in [-0.05, 0) is 44.0 Å². The van der Waals surface area contributed by atoms with Crippen molar-refractivity contribution < 1.29 is 13.5 Å². The molecule has 1 unspecified atom stereocenters. The minimum absolute atomic E-state index is 0.0100. The molecule has 2 N–H and O–H groups in total. The van der Waals surface area contributed by atoms with Gasteiger partial charge in [-0.3, -0.25) is 0 Å². The van der Waals surface area contributed by atoms with E-state index in [-0.39, 0.29) is 10.8 Å². The molecule has 22 heavy (non-hydrogen) atoms. The van der Waals surface area contributed by atoms with E-state index in [4.69, 9.17) is 0 Å². The molecular weight excluding hydrogens is 366 g/mol. The van der Waals surface area contributed by atoms with Crippen LogP contribution in [0.2, 0.25) is 0 Å². The number of aliphatic hydroxyl groups is 1. The van der Waals surface area contributed by atoms with Crippen LogP contribution in [0, 0.1) is 5.92 Å². The van der Waals surface area contributed by atoms with E-state index in [2.05, 4.69) is 20.7 Å². The average Bonchev–Trinajstić information content (AvgIpc) is 2.43. The minimum atomic E-state index is -3.67. The summed E-state index contributed by atoms with van der Waals surface area (Å²) in [5.41, 5.74) is 0.948. The predicted octanol–water partition coefficient (Wildman–Crippen LogP) is 3.47. The van der Waals surface area contributed by atoms with Crippen LogP contribution >= 0.6 is 15.9 Å². The van der Waals surface area contributed by atoms with E-state index in [1.54, 1.807) is 18.2 Å². The number of rotatable bonds is 7. The molecule has 1 rings (SSSR count). The van der Waals surface area contributed by atoms with E-state index in [1.165, 1.54) is 12.1 Å². The Labute approximate surface area is 141 Å². The molecule has 0 aromatic heterocycles. The third-order valence-corrected chi connectivity index (χ3v) is 5.55. The van der Waals surface area contributed by atoms with Crippen LogP contribution in [0.15, 0.2) is 45.3 Å². The summed E-state index contributed by atoms with van der Waals surface area (Å²) >= 11 is 3.28. The largest absolute Gasteiger partial charge is 0.387 e.